The third kappa shape index (κ3) is 2.02. The molecule has 3 N–H and O–H groups in total. The number of aliphatic hydroxyl groups is 3. The molecule has 2 radical (unpaired) electrons. The highest BCUT2D eigenvalue weighted by molar-refractivity contribution is 6.14. The number of alkyl halides is 3. The monoisotopic (exact) mass is 239 g/mol. The highest BCUT2D eigenvalue weighted by Gasteiger charge is 2.53. The Hall–Kier alpha value is -0.795. The van der Waals surface area contributed by atoms with Gasteiger partial charge in [0, 0.05) is 5.94 Å². The van der Waals surface area contributed by atoms with Gasteiger partial charge in [0.2, 0.25) is 0 Å². The lowest BCUT2D eigenvalue weighted by atomic mass is 9.91. The molecule has 5 nitrogen and oxygen atoms in total. The van der Waals surface area contributed by atoms with Crippen molar-refractivity contribution in [2.75, 3.05) is 6.61 Å². The molecule has 0 aromatic rings. The summed E-state index contributed by atoms with van der Waals surface area (Å²) in [5.74, 6) is -3.99. The minimum absolute atomic E-state index is 0.0509. The van der Waals surface area contributed by atoms with Crippen molar-refractivity contribution in [3.05, 3.63) is 0 Å². The van der Waals surface area contributed by atoms with Crippen LogP contribution in [0.3, 0.4) is 0 Å². The fraction of sp³-hybridized carbons (Fsp3) is 0.857. The molecule has 1 aliphatic rings. The van der Waals surface area contributed by atoms with Crippen LogP contribution in [0.15, 0.2) is 0 Å². The molecule has 1 rings (SSSR count). The van der Waals surface area contributed by atoms with E-state index < -0.39 is 42.9 Å². The van der Waals surface area contributed by atoms with Crippen molar-refractivity contribution in [3.63, 3.8) is 0 Å². The Morgan fingerprint density at radius 2 is 1.81 bits per heavy atom. The maximum atomic E-state index is 12.1. The largest absolute Gasteiger partial charge is 0.471 e. The average Bonchev–Trinajstić information content (AvgIpc) is 2.39. The normalized spacial score (nSPS) is 35.5. The summed E-state index contributed by atoms with van der Waals surface area (Å²) in [5, 5.41) is 27.2. The number of rotatable bonds is 1. The lowest BCUT2D eigenvalue weighted by molar-refractivity contribution is -0.188. The summed E-state index contributed by atoms with van der Waals surface area (Å²) in [6, 6.07) is -1.56. The molecule has 1 amide bonds. The van der Waals surface area contributed by atoms with Crippen LogP contribution >= 0.6 is 0 Å². The first kappa shape index (κ1) is 13.3. The summed E-state index contributed by atoms with van der Waals surface area (Å²) in [5.41, 5.74) is 0. The molecular formula is C7H9BF3NO4. The smallest absolute Gasteiger partial charge is 0.394 e. The molecule has 1 aliphatic heterocycles. The van der Waals surface area contributed by atoms with E-state index in [1.54, 1.807) is 0 Å². The van der Waals surface area contributed by atoms with E-state index in [9.17, 15) is 28.2 Å². The molecule has 1 fully saturated rings. The zero-order chi connectivity index (χ0) is 12.7. The fourth-order valence-electron chi connectivity index (χ4n) is 1.61. The van der Waals surface area contributed by atoms with Gasteiger partial charge in [-0.1, -0.05) is 0 Å². The number of nitrogens with zero attached hydrogens (tertiary/aromatic N) is 1. The zero-order valence-electron chi connectivity index (χ0n) is 7.92. The quantitative estimate of drug-likeness (QED) is 0.461. The lowest BCUT2D eigenvalue weighted by Crippen LogP contribution is -2.51. The number of carbonyl (C=O) groups excluding carboxylic acids is 1. The fourth-order valence-corrected chi connectivity index (χ4v) is 1.61. The van der Waals surface area contributed by atoms with Gasteiger partial charge in [0.25, 0.3) is 0 Å². The van der Waals surface area contributed by atoms with Gasteiger partial charge in [0.05, 0.1) is 18.8 Å². The first-order valence-corrected chi connectivity index (χ1v) is 4.34. The van der Waals surface area contributed by atoms with E-state index in [0.29, 0.717) is 0 Å². The number of aliphatic hydroxyl groups excluding tert-OH is 3. The zero-order valence-corrected chi connectivity index (χ0v) is 7.92. The second-order valence-electron chi connectivity index (χ2n) is 3.43. The molecule has 4 atom stereocenters. The van der Waals surface area contributed by atoms with Crippen LogP contribution in [0.1, 0.15) is 0 Å². The van der Waals surface area contributed by atoms with Crippen LogP contribution in [-0.4, -0.2) is 70.9 Å². The molecule has 0 aromatic carbocycles. The topological polar surface area (TPSA) is 81.0 Å². The van der Waals surface area contributed by atoms with Crippen molar-refractivity contribution in [3.8, 4) is 0 Å². The predicted molar refractivity (Wildman–Crippen MR) is 45.3 cm³/mol. The van der Waals surface area contributed by atoms with Gasteiger partial charge < -0.3 is 20.2 Å². The van der Waals surface area contributed by atoms with Gasteiger partial charge in [-0.05, 0) is 0 Å². The molecule has 0 aromatic heterocycles. The molecule has 0 spiro atoms. The van der Waals surface area contributed by atoms with Crippen molar-refractivity contribution >= 4 is 13.8 Å². The summed E-state index contributed by atoms with van der Waals surface area (Å²) in [6.07, 6.45) is -8.59. The highest BCUT2D eigenvalue weighted by Crippen LogP contribution is 2.29. The number of amides is 1. The third-order valence-corrected chi connectivity index (χ3v) is 2.44. The molecule has 0 saturated carbocycles. The number of hydrogen-bond acceptors (Lipinski definition) is 4. The van der Waals surface area contributed by atoms with Crippen LogP contribution in [-0.2, 0) is 4.79 Å². The van der Waals surface area contributed by atoms with Gasteiger partial charge in [0.15, 0.2) is 0 Å². The Morgan fingerprint density at radius 3 is 2.19 bits per heavy atom. The summed E-state index contributed by atoms with van der Waals surface area (Å²) in [6.45, 7) is -0.923. The van der Waals surface area contributed by atoms with Gasteiger partial charge in [-0.25, -0.2) is 0 Å². The Morgan fingerprint density at radius 1 is 1.31 bits per heavy atom. The standard InChI is InChI=1S/C7H9BF3NO4/c8-5-4(15)3(14)2(1-13)12(5)6(16)7(9,10)11/h2-5,13-15H,1H2/t2-,3-,4+,5-/m1/s1. The van der Waals surface area contributed by atoms with Crippen molar-refractivity contribution in [2.45, 2.75) is 30.4 Å². The summed E-state index contributed by atoms with van der Waals surface area (Å²) < 4.78 is 36.4. The molecule has 90 valence electrons. The van der Waals surface area contributed by atoms with E-state index in [1.165, 1.54) is 0 Å². The minimum atomic E-state index is -5.17. The summed E-state index contributed by atoms with van der Waals surface area (Å²) in [7, 11) is 5.16. The summed E-state index contributed by atoms with van der Waals surface area (Å²) in [4.78, 5) is 11.0. The Labute approximate surface area is 89.9 Å². The molecular weight excluding hydrogens is 230 g/mol. The highest BCUT2D eigenvalue weighted by atomic mass is 19.4. The molecule has 9 heteroatoms. The van der Waals surface area contributed by atoms with Crippen LogP contribution in [0.2, 0.25) is 0 Å². The van der Waals surface area contributed by atoms with Crippen molar-refractivity contribution in [1.82, 2.24) is 4.90 Å². The molecule has 0 aliphatic carbocycles. The van der Waals surface area contributed by atoms with Gasteiger partial charge in [-0.15, -0.1) is 0 Å². The van der Waals surface area contributed by atoms with Crippen molar-refractivity contribution in [2.24, 2.45) is 0 Å². The number of likely N-dealkylation sites (tertiary alicyclic amines) is 1. The summed E-state index contributed by atoms with van der Waals surface area (Å²) >= 11 is 0. The first-order chi connectivity index (χ1) is 7.21. The van der Waals surface area contributed by atoms with E-state index in [2.05, 4.69) is 0 Å². The first-order valence-electron chi connectivity index (χ1n) is 4.34. The minimum Gasteiger partial charge on any atom is -0.394 e. The number of halogens is 3. The van der Waals surface area contributed by atoms with E-state index in [4.69, 9.17) is 13.0 Å². The second kappa shape index (κ2) is 4.23. The maximum absolute atomic E-state index is 12.1. The van der Waals surface area contributed by atoms with Crippen LogP contribution < -0.4 is 0 Å². The molecule has 1 heterocycles. The maximum Gasteiger partial charge on any atom is 0.471 e. The molecule has 0 unspecified atom stereocenters. The van der Waals surface area contributed by atoms with E-state index in [0.717, 1.165) is 0 Å². The Kier molecular flexibility index (Phi) is 3.51. The van der Waals surface area contributed by atoms with Crippen molar-refractivity contribution in [1.29, 1.82) is 0 Å². The van der Waals surface area contributed by atoms with Crippen LogP contribution in [0, 0.1) is 0 Å². The molecule has 0 bridgehead atoms. The van der Waals surface area contributed by atoms with Gasteiger partial charge in [-0.3, -0.25) is 4.79 Å². The predicted octanol–water partition coefficient (Wildman–Crippen LogP) is -2.03. The van der Waals surface area contributed by atoms with Crippen LogP contribution in [0.4, 0.5) is 13.2 Å². The van der Waals surface area contributed by atoms with E-state index in [1.807, 2.05) is 0 Å². The van der Waals surface area contributed by atoms with Gasteiger partial charge >= 0.3 is 12.1 Å². The van der Waals surface area contributed by atoms with Crippen LogP contribution in [0.25, 0.3) is 0 Å². The Balaban J connectivity index is 2.98. The number of hydrogen-bond donors (Lipinski definition) is 3. The van der Waals surface area contributed by atoms with E-state index in [-0.39, 0.29) is 4.90 Å². The molecule has 1 saturated heterocycles. The third-order valence-electron chi connectivity index (χ3n) is 2.44. The second-order valence-corrected chi connectivity index (χ2v) is 3.43. The van der Waals surface area contributed by atoms with Gasteiger partial charge in [0.1, 0.15) is 14.0 Å². The van der Waals surface area contributed by atoms with Gasteiger partial charge in [-0.2, -0.15) is 13.2 Å². The number of carbonyl (C=O) groups is 1. The van der Waals surface area contributed by atoms with Crippen molar-refractivity contribution < 1.29 is 33.3 Å². The lowest BCUT2D eigenvalue weighted by Gasteiger charge is -2.28. The average molecular weight is 239 g/mol. The Bertz CT molecular complexity index is 287. The van der Waals surface area contributed by atoms with Crippen LogP contribution in [0.5, 0.6) is 0 Å². The molecule has 16 heavy (non-hydrogen) atoms. The SMILES string of the molecule is [B][C@H]1[C@@H](O)[C@H](O)[C@@H](CO)N1C(=O)C(F)(F)F. The van der Waals surface area contributed by atoms with E-state index >= 15 is 0 Å².